The molecule has 1 amide bonds. The smallest absolute Gasteiger partial charge is 0.408 e. The van der Waals surface area contributed by atoms with Crippen LogP contribution in [0.15, 0.2) is 42.5 Å². The van der Waals surface area contributed by atoms with Gasteiger partial charge in [0.25, 0.3) is 0 Å². The largest absolute Gasteiger partial charge is 0.445 e. The summed E-state index contributed by atoms with van der Waals surface area (Å²) in [7, 11) is 0. The van der Waals surface area contributed by atoms with Crippen LogP contribution in [0.4, 0.5) is 4.79 Å². The fraction of sp³-hybridized carbons (Fsp3) is 0.308. The number of ether oxygens (including phenoxy) is 1. The van der Waals surface area contributed by atoms with Gasteiger partial charge in [0.05, 0.1) is 12.1 Å². The Morgan fingerprint density at radius 1 is 1.41 bits per heavy atom. The predicted molar refractivity (Wildman–Crippen MR) is 63.3 cm³/mol. The van der Waals surface area contributed by atoms with E-state index in [0.29, 0.717) is 6.42 Å². The van der Waals surface area contributed by atoms with E-state index in [1.807, 2.05) is 36.4 Å². The van der Waals surface area contributed by atoms with Crippen LogP contribution in [0.3, 0.4) is 0 Å². The Hall–Kier alpha value is -1.81. The second kappa shape index (κ2) is 5.50. The lowest BCUT2D eigenvalue weighted by atomic mass is 10.2. The van der Waals surface area contributed by atoms with Crippen molar-refractivity contribution in [3.05, 3.63) is 48.0 Å². The molecule has 0 unspecified atom stereocenters. The summed E-state index contributed by atoms with van der Waals surface area (Å²) in [5, 5.41) is 12.1. The Morgan fingerprint density at radius 2 is 2.18 bits per heavy atom. The van der Waals surface area contributed by atoms with Crippen molar-refractivity contribution in [2.45, 2.75) is 25.2 Å². The number of hydrogen-bond acceptors (Lipinski definition) is 3. The molecule has 4 nitrogen and oxygen atoms in total. The van der Waals surface area contributed by atoms with E-state index >= 15 is 0 Å². The van der Waals surface area contributed by atoms with Crippen LogP contribution in [-0.2, 0) is 11.3 Å². The molecule has 0 saturated heterocycles. The van der Waals surface area contributed by atoms with Gasteiger partial charge in [-0.2, -0.15) is 0 Å². The number of carbonyl (C=O) groups is 1. The molecule has 1 aromatic rings. The molecule has 0 bridgehead atoms. The molecule has 17 heavy (non-hydrogen) atoms. The third-order valence-corrected chi connectivity index (χ3v) is 2.63. The third kappa shape index (κ3) is 3.32. The predicted octanol–water partition coefficient (Wildman–Crippen LogP) is 1.60. The summed E-state index contributed by atoms with van der Waals surface area (Å²) in [6.45, 7) is 0.235. The van der Waals surface area contributed by atoms with E-state index in [4.69, 9.17) is 4.74 Å². The number of rotatable bonds is 3. The molecule has 1 aliphatic carbocycles. The van der Waals surface area contributed by atoms with Crippen LogP contribution >= 0.6 is 0 Å². The lowest BCUT2D eigenvalue weighted by Gasteiger charge is -2.15. The van der Waals surface area contributed by atoms with Gasteiger partial charge < -0.3 is 15.2 Å². The molecule has 2 N–H and O–H groups in total. The fourth-order valence-electron chi connectivity index (χ4n) is 1.68. The molecule has 1 aliphatic rings. The molecule has 0 saturated carbocycles. The van der Waals surface area contributed by atoms with Crippen LogP contribution in [0.5, 0.6) is 0 Å². The summed E-state index contributed by atoms with van der Waals surface area (Å²) in [4.78, 5) is 11.4. The first-order valence-corrected chi connectivity index (χ1v) is 5.57. The highest BCUT2D eigenvalue weighted by atomic mass is 16.5. The number of carbonyl (C=O) groups excluding carboxylic acids is 1. The average Bonchev–Trinajstić information content (AvgIpc) is 2.74. The SMILES string of the molecule is O=C(N[C@@H]1C=CC[C@H]1O)OCc1ccccc1. The van der Waals surface area contributed by atoms with E-state index < -0.39 is 12.2 Å². The van der Waals surface area contributed by atoms with E-state index in [2.05, 4.69) is 5.32 Å². The third-order valence-electron chi connectivity index (χ3n) is 2.63. The minimum atomic E-state index is -0.542. The minimum absolute atomic E-state index is 0.235. The van der Waals surface area contributed by atoms with Crippen molar-refractivity contribution in [1.82, 2.24) is 5.32 Å². The molecule has 0 spiro atoms. The van der Waals surface area contributed by atoms with E-state index in [1.165, 1.54) is 0 Å². The zero-order valence-electron chi connectivity index (χ0n) is 9.37. The van der Waals surface area contributed by atoms with Crippen molar-refractivity contribution in [3.8, 4) is 0 Å². The van der Waals surface area contributed by atoms with E-state index in [1.54, 1.807) is 6.08 Å². The molecule has 0 radical (unpaired) electrons. The number of amides is 1. The van der Waals surface area contributed by atoms with Crippen LogP contribution in [0.1, 0.15) is 12.0 Å². The molecule has 4 heteroatoms. The normalized spacial score (nSPS) is 22.4. The molecular weight excluding hydrogens is 218 g/mol. The molecule has 0 fully saturated rings. The highest BCUT2D eigenvalue weighted by molar-refractivity contribution is 5.68. The van der Waals surface area contributed by atoms with E-state index in [-0.39, 0.29) is 12.6 Å². The molecule has 1 aromatic carbocycles. The van der Waals surface area contributed by atoms with Gasteiger partial charge in [0.15, 0.2) is 0 Å². The van der Waals surface area contributed by atoms with Crippen molar-refractivity contribution in [2.75, 3.05) is 0 Å². The van der Waals surface area contributed by atoms with Crippen LogP contribution in [0, 0.1) is 0 Å². The van der Waals surface area contributed by atoms with Crippen molar-refractivity contribution >= 4 is 6.09 Å². The maximum Gasteiger partial charge on any atom is 0.408 e. The first kappa shape index (κ1) is 11.7. The number of aliphatic hydroxyl groups is 1. The van der Waals surface area contributed by atoms with Crippen molar-refractivity contribution < 1.29 is 14.6 Å². The molecule has 0 aromatic heterocycles. The highest BCUT2D eigenvalue weighted by Crippen LogP contribution is 2.10. The van der Waals surface area contributed by atoms with Crippen LogP contribution < -0.4 is 5.32 Å². The van der Waals surface area contributed by atoms with Crippen LogP contribution in [0.25, 0.3) is 0 Å². The molecule has 2 atom stereocenters. The maximum atomic E-state index is 11.4. The number of alkyl carbamates (subject to hydrolysis) is 1. The minimum Gasteiger partial charge on any atom is -0.445 e. The number of nitrogens with one attached hydrogen (secondary N) is 1. The lowest BCUT2D eigenvalue weighted by Crippen LogP contribution is -2.39. The standard InChI is InChI=1S/C13H15NO3/c15-12-8-4-7-11(12)14-13(16)17-9-10-5-2-1-3-6-10/h1-7,11-12,15H,8-9H2,(H,14,16)/t11-,12-/m1/s1. The van der Waals surface area contributed by atoms with Gasteiger partial charge >= 0.3 is 6.09 Å². The molecule has 0 heterocycles. The highest BCUT2D eigenvalue weighted by Gasteiger charge is 2.22. The van der Waals surface area contributed by atoms with Gasteiger partial charge in [-0.25, -0.2) is 4.79 Å². The number of aliphatic hydroxyl groups excluding tert-OH is 1. The second-order valence-corrected chi connectivity index (χ2v) is 3.96. The summed E-state index contributed by atoms with van der Waals surface area (Å²) in [6, 6.07) is 9.12. The second-order valence-electron chi connectivity index (χ2n) is 3.96. The zero-order valence-corrected chi connectivity index (χ0v) is 9.37. The Labute approximate surface area is 99.9 Å². The quantitative estimate of drug-likeness (QED) is 0.780. The first-order valence-electron chi connectivity index (χ1n) is 5.57. The molecule has 0 aliphatic heterocycles. The maximum absolute atomic E-state index is 11.4. The van der Waals surface area contributed by atoms with Gasteiger partial charge in [-0.3, -0.25) is 0 Å². The Bertz CT molecular complexity index is 402. The topological polar surface area (TPSA) is 58.6 Å². The van der Waals surface area contributed by atoms with Crippen LogP contribution in [-0.4, -0.2) is 23.3 Å². The van der Waals surface area contributed by atoms with Gasteiger partial charge in [-0.15, -0.1) is 0 Å². The van der Waals surface area contributed by atoms with Crippen LogP contribution in [0.2, 0.25) is 0 Å². The van der Waals surface area contributed by atoms with Gasteiger partial charge in [0.1, 0.15) is 6.61 Å². The van der Waals surface area contributed by atoms with Gasteiger partial charge in [0.2, 0.25) is 0 Å². The fourth-order valence-corrected chi connectivity index (χ4v) is 1.68. The van der Waals surface area contributed by atoms with Gasteiger partial charge in [0, 0.05) is 0 Å². The lowest BCUT2D eigenvalue weighted by molar-refractivity contribution is 0.118. The monoisotopic (exact) mass is 233 g/mol. The number of hydrogen-bond donors (Lipinski definition) is 2. The molecule has 2 rings (SSSR count). The van der Waals surface area contributed by atoms with E-state index in [0.717, 1.165) is 5.56 Å². The molecule has 90 valence electrons. The Morgan fingerprint density at radius 3 is 2.82 bits per heavy atom. The summed E-state index contributed by atoms with van der Waals surface area (Å²) in [5.41, 5.74) is 0.935. The van der Waals surface area contributed by atoms with Crippen molar-refractivity contribution in [1.29, 1.82) is 0 Å². The number of benzene rings is 1. The summed E-state index contributed by atoms with van der Waals surface area (Å²) in [6.07, 6.45) is 3.13. The Kier molecular flexibility index (Phi) is 3.77. The van der Waals surface area contributed by atoms with Gasteiger partial charge in [-0.05, 0) is 12.0 Å². The molecular formula is C13H15NO3. The van der Waals surface area contributed by atoms with Crippen molar-refractivity contribution in [2.24, 2.45) is 0 Å². The summed E-state index contributed by atoms with van der Waals surface area (Å²) >= 11 is 0. The van der Waals surface area contributed by atoms with Crippen molar-refractivity contribution in [3.63, 3.8) is 0 Å². The zero-order chi connectivity index (χ0) is 12.1. The Balaban J connectivity index is 1.76. The summed E-state index contributed by atoms with van der Waals surface area (Å²) < 4.78 is 5.04. The summed E-state index contributed by atoms with van der Waals surface area (Å²) in [5.74, 6) is 0. The first-order chi connectivity index (χ1) is 8.25. The van der Waals surface area contributed by atoms with E-state index in [9.17, 15) is 9.90 Å². The van der Waals surface area contributed by atoms with Gasteiger partial charge in [-0.1, -0.05) is 42.5 Å². The average molecular weight is 233 g/mol.